The van der Waals surface area contributed by atoms with E-state index in [1.807, 2.05) is 94.4 Å². The Hall–Kier alpha value is -3.65. The molecule has 0 heterocycles. The Balaban J connectivity index is 2.05. The van der Waals surface area contributed by atoms with Gasteiger partial charge in [0.2, 0.25) is 21.8 Å². The minimum Gasteiger partial charge on any atom is -0.352 e. The molecular formula is C31H39N3O4S. The molecule has 0 bridgehead atoms. The van der Waals surface area contributed by atoms with E-state index in [0.29, 0.717) is 12.1 Å². The highest BCUT2D eigenvalue weighted by molar-refractivity contribution is 7.92. The first-order valence-electron chi connectivity index (χ1n) is 13.2. The number of nitrogens with one attached hydrogen (secondary N) is 1. The second-order valence-corrected chi connectivity index (χ2v) is 12.0. The number of nitrogens with zero attached hydrogens (tertiary/aromatic N) is 2. The number of hydrogen-bond donors (Lipinski definition) is 1. The Morgan fingerprint density at radius 3 is 2.05 bits per heavy atom. The zero-order valence-corrected chi connectivity index (χ0v) is 24.2. The van der Waals surface area contributed by atoms with Crippen molar-refractivity contribution < 1.29 is 18.0 Å². The molecule has 0 saturated heterocycles. The summed E-state index contributed by atoms with van der Waals surface area (Å²) in [5.74, 6) is -0.739. The van der Waals surface area contributed by atoms with Crippen LogP contribution in [0.2, 0.25) is 0 Å². The molecule has 0 spiro atoms. The van der Waals surface area contributed by atoms with Crippen LogP contribution in [0.3, 0.4) is 0 Å². The largest absolute Gasteiger partial charge is 0.352 e. The summed E-state index contributed by atoms with van der Waals surface area (Å²) >= 11 is 0. The van der Waals surface area contributed by atoms with Gasteiger partial charge in [-0.25, -0.2) is 8.42 Å². The number of anilines is 1. The molecule has 0 saturated carbocycles. The Morgan fingerprint density at radius 2 is 1.49 bits per heavy atom. The topological polar surface area (TPSA) is 86.8 Å². The van der Waals surface area contributed by atoms with Crippen molar-refractivity contribution in [1.29, 1.82) is 0 Å². The maximum absolute atomic E-state index is 14.1. The first kappa shape index (κ1) is 29.9. The molecule has 1 N–H and O–H groups in total. The summed E-state index contributed by atoms with van der Waals surface area (Å²) in [4.78, 5) is 29.2. The number of carbonyl (C=O) groups is 2. The van der Waals surface area contributed by atoms with Gasteiger partial charge < -0.3 is 10.2 Å². The second kappa shape index (κ2) is 13.4. The van der Waals surface area contributed by atoms with Crippen LogP contribution in [0.4, 0.5) is 5.69 Å². The zero-order chi connectivity index (χ0) is 28.6. The minimum absolute atomic E-state index is 0.129. The SMILES string of the molecule is CCc1ccc(N(CC(=O)N(Cc2ccccc2C)C(Cc2ccccc2)C(=O)NC(C)C)S(C)(=O)=O)cc1. The molecule has 0 aliphatic heterocycles. The number of carbonyl (C=O) groups excluding carboxylic acids is 2. The quantitative estimate of drug-likeness (QED) is 0.361. The van der Waals surface area contributed by atoms with Gasteiger partial charge in [-0.05, 0) is 61.6 Å². The third-order valence-electron chi connectivity index (χ3n) is 6.62. The predicted molar refractivity (Wildman–Crippen MR) is 157 cm³/mol. The molecule has 7 nitrogen and oxygen atoms in total. The van der Waals surface area contributed by atoms with Crippen molar-refractivity contribution in [2.45, 2.75) is 59.2 Å². The van der Waals surface area contributed by atoms with Crippen LogP contribution in [-0.2, 0) is 39.0 Å². The van der Waals surface area contributed by atoms with E-state index in [4.69, 9.17) is 0 Å². The summed E-state index contributed by atoms with van der Waals surface area (Å²) in [5.41, 5.74) is 4.24. The monoisotopic (exact) mass is 549 g/mol. The third kappa shape index (κ3) is 8.42. The van der Waals surface area contributed by atoms with Crippen molar-refractivity contribution in [3.63, 3.8) is 0 Å². The van der Waals surface area contributed by atoms with Gasteiger partial charge in [0.05, 0.1) is 11.9 Å². The second-order valence-electron chi connectivity index (χ2n) is 10.1. The Morgan fingerprint density at radius 1 is 0.872 bits per heavy atom. The lowest BCUT2D eigenvalue weighted by atomic mass is 10.0. The molecule has 1 unspecified atom stereocenters. The number of amides is 2. The third-order valence-corrected chi connectivity index (χ3v) is 7.76. The van der Waals surface area contributed by atoms with E-state index >= 15 is 0 Å². The maximum atomic E-state index is 14.1. The lowest BCUT2D eigenvalue weighted by molar-refractivity contribution is -0.140. The van der Waals surface area contributed by atoms with Crippen molar-refractivity contribution in [3.05, 3.63) is 101 Å². The van der Waals surface area contributed by atoms with E-state index in [0.717, 1.165) is 39.2 Å². The summed E-state index contributed by atoms with van der Waals surface area (Å²) in [6, 6.07) is 23.4. The van der Waals surface area contributed by atoms with Crippen LogP contribution in [0.15, 0.2) is 78.9 Å². The number of sulfonamides is 1. The number of hydrogen-bond acceptors (Lipinski definition) is 4. The first-order chi connectivity index (χ1) is 18.5. The number of rotatable bonds is 12. The average Bonchev–Trinajstić information content (AvgIpc) is 2.89. The number of aryl methyl sites for hydroxylation is 2. The fourth-order valence-electron chi connectivity index (χ4n) is 4.42. The van der Waals surface area contributed by atoms with Gasteiger partial charge in [-0.2, -0.15) is 0 Å². The van der Waals surface area contributed by atoms with Gasteiger partial charge in [0.25, 0.3) is 0 Å². The van der Waals surface area contributed by atoms with Gasteiger partial charge in [0, 0.05) is 19.0 Å². The number of benzene rings is 3. The Bertz CT molecular complexity index is 1360. The van der Waals surface area contributed by atoms with E-state index in [-0.39, 0.29) is 18.5 Å². The van der Waals surface area contributed by atoms with E-state index in [9.17, 15) is 18.0 Å². The molecule has 39 heavy (non-hydrogen) atoms. The lowest BCUT2D eigenvalue weighted by Gasteiger charge is -2.34. The summed E-state index contributed by atoms with van der Waals surface area (Å²) in [6.45, 7) is 7.46. The smallest absolute Gasteiger partial charge is 0.244 e. The molecule has 0 aliphatic carbocycles. The molecular weight excluding hydrogens is 510 g/mol. The van der Waals surface area contributed by atoms with E-state index < -0.39 is 28.5 Å². The Kier molecular flexibility index (Phi) is 10.3. The van der Waals surface area contributed by atoms with Crippen LogP contribution in [0, 0.1) is 6.92 Å². The molecule has 0 radical (unpaired) electrons. The highest BCUT2D eigenvalue weighted by Crippen LogP contribution is 2.22. The molecule has 0 fully saturated rings. The fourth-order valence-corrected chi connectivity index (χ4v) is 5.27. The fraction of sp³-hybridized carbons (Fsp3) is 0.355. The highest BCUT2D eigenvalue weighted by Gasteiger charge is 2.33. The molecule has 3 rings (SSSR count). The van der Waals surface area contributed by atoms with Gasteiger partial charge in [-0.3, -0.25) is 13.9 Å². The molecule has 3 aromatic carbocycles. The normalized spacial score (nSPS) is 12.2. The van der Waals surface area contributed by atoms with E-state index in [2.05, 4.69) is 5.32 Å². The van der Waals surface area contributed by atoms with Crippen LogP contribution >= 0.6 is 0 Å². The van der Waals surface area contributed by atoms with Gasteiger partial charge in [0.15, 0.2) is 0 Å². The lowest BCUT2D eigenvalue weighted by Crippen LogP contribution is -2.54. The molecule has 0 aromatic heterocycles. The van der Waals surface area contributed by atoms with E-state index in [1.54, 1.807) is 12.1 Å². The summed E-state index contributed by atoms with van der Waals surface area (Å²) in [6.07, 6.45) is 2.20. The van der Waals surface area contributed by atoms with Crippen molar-refractivity contribution in [2.24, 2.45) is 0 Å². The van der Waals surface area contributed by atoms with Gasteiger partial charge in [-0.1, -0.05) is 73.7 Å². The summed E-state index contributed by atoms with van der Waals surface area (Å²) in [7, 11) is -3.79. The highest BCUT2D eigenvalue weighted by atomic mass is 32.2. The summed E-state index contributed by atoms with van der Waals surface area (Å²) in [5, 5.41) is 2.96. The van der Waals surface area contributed by atoms with Crippen LogP contribution in [0.1, 0.15) is 43.0 Å². The van der Waals surface area contributed by atoms with Crippen LogP contribution in [0.5, 0.6) is 0 Å². The van der Waals surface area contributed by atoms with Crippen LogP contribution in [0.25, 0.3) is 0 Å². The van der Waals surface area contributed by atoms with Gasteiger partial charge >= 0.3 is 0 Å². The standard InChI is InChI=1S/C31H39N3O4S/c1-6-25-16-18-28(19-17-25)34(39(5,37)38)22-30(35)33(21-27-15-11-10-12-24(27)4)29(31(36)32-23(2)3)20-26-13-8-7-9-14-26/h7-19,23,29H,6,20-22H2,1-5H3,(H,32,36). The molecule has 2 amide bonds. The van der Waals surface area contributed by atoms with Gasteiger partial charge in [-0.15, -0.1) is 0 Å². The minimum atomic E-state index is -3.79. The van der Waals surface area contributed by atoms with Crippen molar-refractivity contribution >= 4 is 27.5 Å². The molecule has 8 heteroatoms. The predicted octanol–water partition coefficient (Wildman–Crippen LogP) is 4.49. The molecule has 208 valence electrons. The van der Waals surface area contributed by atoms with E-state index in [1.165, 1.54) is 4.90 Å². The molecule has 1 atom stereocenters. The van der Waals surface area contributed by atoms with Crippen molar-refractivity contribution in [1.82, 2.24) is 10.2 Å². The van der Waals surface area contributed by atoms with Crippen LogP contribution < -0.4 is 9.62 Å². The summed E-state index contributed by atoms with van der Waals surface area (Å²) < 4.78 is 26.9. The van der Waals surface area contributed by atoms with Crippen molar-refractivity contribution in [3.8, 4) is 0 Å². The zero-order valence-electron chi connectivity index (χ0n) is 23.4. The molecule has 3 aromatic rings. The molecule has 0 aliphatic rings. The average molecular weight is 550 g/mol. The van der Waals surface area contributed by atoms with Gasteiger partial charge in [0.1, 0.15) is 12.6 Å². The first-order valence-corrected chi connectivity index (χ1v) is 15.1. The maximum Gasteiger partial charge on any atom is 0.244 e. The van der Waals surface area contributed by atoms with Crippen LogP contribution in [-0.4, -0.2) is 50.0 Å². The van der Waals surface area contributed by atoms with Crippen molar-refractivity contribution in [2.75, 3.05) is 17.1 Å². The Labute approximate surface area is 232 Å².